The van der Waals surface area contributed by atoms with Crippen LogP contribution in [0.15, 0.2) is 15.9 Å². The minimum atomic E-state index is 0.159. The molecular weight excluding hydrogens is 226 g/mol. The Morgan fingerprint density at radius 1 is 1.64 bits per heavy atom. The molecule has 0 aliphatic carbocycles. The van der Waals surface area contributed by atoms with Crippen LogP contribution in [0, 0.1) is 0 Å². The summed E-state index contributed by atoms with van der Waals surface area (Å²) in [6.07, 6.45) is 0. The minimum Gasteiger partial charge on any atom is -0.334 e. The van der Waals surface area contributed by atoms with Crippen molar-refractivity contribution in [3.05, 3.63) is 20.8 Å². The highest BCUT2D eigenvalue weighted by atomic mass is 79.9. The van der Waals surface area contributed by atoms with Gasteiger partial charge in [0.05, 0.1) is 0 Å². The van der Waals surface area contributed by atoms with Gasteiger partial charge in [-0.05, 0) is 27.4 Å². The second-order valence-corrected chi connectivity index (χ2v) is 4.16. The maximum atomic E-state index is 11.4. The lowest BCUT2D eigenvalue weighted by Crippen LogP contribution is -2.08. The van der Waals surface area contributed by atoms with E-state index in [4.69, 9.17) is 0 Å². The molecule has 4 heteroatoms. The molecule has 1 aromatic heterocycles. The molecule has 1 aromatic rings. The standard InChI is InChI=1S/C7H6BrNOS/c8-5-1-4-11-6(5)7(10)9-2-3-9/h1,4H,2-3H2. The Morgan fingerprint density at radius 2 is 2.36 bits per heavy atom. The van der Waals surface area contributed by atoms with Crippen LogP contribution in [-0.4, -0.2) is 23.9 Å². The van der Waals surface area contributed by atoms with Gasteiger partial charge in [0.1, 0.15) is 4.88 Å². The molecule has 1 aliphatic heterocycles. The van der Waals surface area contributed by atoms with E-state index in [1.165, 1.54) is 11.3 Å². The molecular formula is C7H6BrNOS. The zero-order valence-electron chi connectivity index (χ0n) is 5.71. The summed E-state index contributed by atoms with van der Waals surface area (Å²) in [7, 11) is 0. The van der Waals surface area contributed by atoms with Crippen molar-refractivity contribution in [1.82, 2.24) is 4.90 Å². The fourth-order valence-electron chi connectivity index (χ4n) is 0.843. The van der Waals surface area contributed by atoms with Gasteiger partial charge in [0.25, 0.3) is 5.91 Å². The van der Waals surface area contributed by atoms with E-state index in [0.717, 1.165) is 22.4 Å². The van der Waals surface area contributed by atoms with Gasteiger partial charge in [0.15, 0.2) is 0 Å². The summed E-state index contributed by atoms with van der Waals surface area (Å²) in [4.78, 5) is 14.0. The van der Waals surface area contributed by atoms with E-state index in [1.54, 1.807) is 0 Å². The predicted molar refractivity (Wildman–Crippen MR) is 47.9 cm³/mol. The molecule has 1 amide bonds. The van der Waals surface area contributed by atoms with Crippen molar-refractivity contribution in [2.24, 2.45) is 0 Å². The monoisotopic (exact) mass is 231 g/mol. The molecule has 0 saturated carbocycles. The smallest absolute Gasteiger partial charge is 0.265 e. The van der Waals surface area contributed by atoms with Crippen molar-refractivity contribution >= 4 is 33.2 Å². The molecule has 0 N–H and O–H groups in total. The first-order valence-electron chi connectivity index (χ1n) is 3.31. The van der Waals surface area contributed by atoms with E-state index in [0.29, 0.717) is 0 Å². The molecule has 0 spiro atoms. The highest BCUT2D eigenvalue weighted by molar-refractivity contribution is 9.10. The third kappa shape index (κ3) is 1.32. The van der Waals surface area contributed by atoms with Crippen LogP contribution in [0.2, 0.25) is 0 Å². The van der Waals surface area contributed by atoms with Gasteiger partial charge in [-0.15, -0.1) is 11.3 Å². The fraction of sp³-hybridized carbons (Fsp3) is 0.286. The summed E-state index contributed by atoms with van der Waals surface area (Å²) < 4.78 is 0.916. The topological polar surface area (TPSA) is 20.1 Å². The van der Waals surface area contributed by atoms with E-state index in [1.807, 2.05) is 16.3 Å². The van der Waals surface area contributed by atoms with Crippen molar-refractivity contribution in [3.63, 3.8) is 0 Å². The number of rotatable bonds is 1. The van der Waals surface area contributed by atoms with Crippen molar-refractivity contribution < 1.29 is 4.79 Å². The lowest BCUT2D eigenvalue weighted by Gasteiger charge is -1.96. The summed E-state index contributed by atoms with van der Waals surface area (Å²) >= 11 is 4.81. The van der Waals surface area contributed by atoms with Gasteiger partial charge in [-0.2, -0.15) is 0 Å². The molecule has 2 nitrogen and oxygen atoms in total. The van der Waals surface area contributed by atoms with Crippen molar-refractivity contribution in [3.8, 4) is 0 Å². The van der Waals surface area contributed by atoms with Crippen LogP contribution in [0.25, 0.3) is 0 Å². The van der Waals surface area contributed by atoms with Gasteiger partial charge in [0, 0.05) is 17.6 Å². The second-order valence-electron chi connectivity index (χ2n) is 2.39. The molecule has 2 rings (SSSR count). The first-order valence-corrected chi connectivity index (χ1v) is 4.98. The Labute approximate surface area is 76.9 Å². The van der Waals surface area contributed by atoms with E-state index in [9.17, 15) is 4.79 Å². The van der Waals surface area contributed by atoms with E-state index < -0.39 is 0 Å². The second kappa shape index (κ2) is 2.60. The molecule has 11 heavy (non-hydrogen) atoms. The molecule has 0 radical (unpaired) electrons. The highest BCUT2D eigenvalue weighted by Gasteiger charge is 2.27. The van der Waals surface area contributed by atoms with Gasteiger partial charge >= 0.3 is 0 Å². The average Bonchev–Trinajstić information content (AvgIpc) is 2.74. The summed E-state index contributed by atoms with van der Waals surface area (Å²) in [5.41, 5.74) is 0. The zero-order valence-corrected chi connectivity index (χ0v) is 8.11. The predicted octanol–water partition coefficient (Wildman–Crippen LogP) is 1.97. The van der Waals surface area contributed by atoms with Crippen molar-refractivity contribution in [1.29, 1.82) is 0 Å². The summed E-state index contributed by atoms with van der Waals surface area (Å²) in [5.74, 6) is 0.159. The van der Waals surface area contributed by atoms with Crippen LogP contribution in [0.4, 0.5) is 0 Å². The maximum absolute atomic E-state index is 11.4. The van der Waals surface area contributed by atoms with E-state index >= 15 is 0 Å². The SMILES string of the molecule is O=C(c1sccc1Br)N1CC1. The summed E-state index contributed by atoms with van der Waals surface area (Å²) in [6, 6.07) is 1.90. The van der Waals surface area contributed by atoms with Crippen molar-refractivity contribution in [2.45, 2.75) is 0 Å². The van der Waals surface area contributed by atoms with Crippen LogP contribution >= 0.6 is 27.3 Å². The molecule has 58 valence electrons. The first kappa shape index (κ1) is 7.31. The van der Waals surface area contributed by atoms with Crippen LogP contribution in [-0.2, 0) is 0 Å². The average molecular weight is 232 g/mol. The molecule has 1 saturated heterocycles. The van der Waals surface area contributed by atoms with Gasteiger partial charge in [-0.3, -0.25) is 4.79 Å². The number of carbonyl (C=O) groups excluding carboxylic acids is 1. The van der Waals surface area contributed by atoms with Crippen LogP contribution in [0.1, 0.15) is 9.67 Å². The maximum Gasteiger partial charge on any atom is 0.265 e. The van der Waals surface area contributed by atoms with E-state index in [-0.39, 0.29) is 5.91 Å². The number of carbonyl (C=O) groups is 1. The minimum absolute atomic E-state index is 0.159. The Morgan fingerprint density at radius 3 is 2.82 bits per heavy atom. The van der Waals surface area contributed by atoms with Gasteiger partial charge in [0.2, 0.25) is 0 Å². The van der Waals surface area contributed by atoms with Gasteiger partial charge in [-0.1, -0.05) is 0 Å². The van der Waals surface area contributed by atoms with Crippen molar-refractivity contribution in [2.75, 3.05) is 13.1 Å². The third-order valence-electron chi connectivity index (χ3n) is 1.55. The number of thiophene rings is 1. The Hall–Kier alpha value is -0.350. The molecule has 0 unspecified atom stereocenters. The summed E-state index contributed by atoms with van der Waals surface area (Å²) in [6.45, 7) is 1.84. The third-order valence-corrected chi connectivity index (χ3v) is 3.37. The first-order chi connectivity index (χ1) is 5.29. The Bertz CT molecular complexity index is 292. The fourth-order valence-corrected chi connectivity index (χ4v) is 2.35. The Kier molecular flexibility index (Phi) is 1.73. The summed E-state index contributed by atoms with van der Waals surface area (Å²) in [5, 5.41) is 1.92. The van der Waals surface area contributed by atoms with E-state index in [2.05, 4.69) is 15.9 Å². The molecule has 0 atom stereocenters. The van der Waals surface area contributed by atoms with Gasteiger partial charge < -0.3 is 4.90 Å². The molecule has 1 aliphatic rings. The number of hydrogen-bond donors (Lipinski definition) is 0. The van der Waals surface area contributed by atoms with Crippen LogP contribution in [0.5, 0.6) is 0 Å². The number of amides is 1. The number of nitrogens with zero attached hydrogens (tertiary/aromatic N) is 1. The normalized spacial score (nSPS) is 15.2. The van der Waals surface area contributed by atoms with Gasteiger partial charge in [-0.25, -0.2) is 0 Å². The molecule has 2 heterocycles. The van der Waals surface area contributed by atoms with Crippen LogP contribution < -0.4 is 0 Å². The van der Waals surface area contributed by atoms with Crippen LogP contribution in [0.3, 0.4) is 0 Å². The lowest BCUT2D eigenvalue weighted by molar-refractivity contribution is 0.0889. The largest absolute Gasteiger partial charge is 0.334 e. The Balaban J connectivity index is 2.27. The molecule has 1 fully saturated rings. The zero-order chi connectivity index (χ0) is 7.84. The number of halogens is 1. The highest BCUT2D eigenvalue weighted by Crippen LogP contribution is 2.25. The molecule has 0 aromatic carbocycles. The number of hydrogen-bond acceptors (Lipinski definition) is 2. The quantitative estimate of drug-likeness (QED) is 0.678. The molecule has 0 bridgehead atoms. The lowest BCUT2D eigenvalue weighted by atomic mass is 10.4.